The van der Waals surface area contributed by atoms with Crippen LogP contribution in [-0.2, 0) is 0 Å². The van der Waals surface area contributed by atoms with Crippen molar-refractivity contribution < 1.29 is 9.13 Å². The third-order valence-corrected chi connectivity index (χ3v) is 2.69. The van der Waals surface area contributed by atoms with E-state index < -0.39 is 5.82 Å². The van der Waals surface area contributed by atoms with Crippen molar-refractivity contribution in [3.8, 4) is 11.6 Å². The minimum absolute atomic E-state index is 0.0653. The van der Waals surface area contributed by atoms with E-state index in [-0.39, 0.29) is 16.6 Å². The van der Waals surface area contributed by atoms with Crippen LogP contribution in [-0.4, -0.2) is 15.0 Å². The lowest BCUT2D eigenvalue weighted by Gasteiger charge is -2.06. The molecule has 1 aromatic heterocycles. The smallest absolute Gasteiger partial charge is 0.238 e. The van der Waals surface area contributed by atoms with Crippen LogP contribution in [0.3, 0.4) is 0 Å². The van der Waals surface area contributed by atoms with Gasteiger partial charge in [0.1, 0.15) is 10.7 Å². The number of hydrogen-bond donors (Lipinski definition) is 1. The van der Waals surface area contributed by atoms with Crippen LogP contribution in [0, 0.1) is 5.82 Å². The van der Waals surface area contributed by atoms with Gasteiger partial charge < -0.3 is 10.5 Å². The number of ether oxygens (including phenoxy) is 1. The number of hydrogen-bond acceptors (Lipinski definition) is 4. The summed E-state index contributed by atoms with van der Waals surface area (Å²) in [5, 5.41) is 0. The maximum absolute atomic E-state index is 13.5. The van der Waals surface area contributed by atoms with Crippen molar-refractivity contribution in [2.24, 2.45) is 5.73 Å². The van der Waals surface area contributed by atoms with E-state index in [1.165, 1.54) is 24.5 Å². The summed E-state index contributed by atoms with van der Waals surface area (Å²) in [5.74, 6) is -0.267. The number of rotatable bonds is 3. The summed E-state index contributed by atoms with van der Waals surface area (Å²) in [6.45, 7) is 0. The van der Waals surface area contributed by atoms with Gasteiger partial charge in [0.2, 0.25) is 5.88 Å². The van der Waals surface area contributed by atoms with Crippen molar-refractivity contribution in [1.29, 1.82) is 0 Å². The Kier molecular flexibility index (Phi) is 3.83. The van der Waals surface area contributed by atoms with Crippen LogP contribution in [0.25, 0.3) is 0 Å². The van der Waals surface area contributed by atoms with Crippen molar-refractivity contribution in [1.82, 2.24) is 9.97 Å². The summed E-state index contributed by atoms with van der Waals surface area (Å²) in [5.41, 5.74) is 5.76. The first-order valence-corrected chi connectivity index (χ1v) is 6.01. The van der Waals surface area contributed by atoms with Gasteiger partial charge in [-0.1, -0.05) is 28.1 Å². The molecule has 0 aliphatic carbocycles. The number of aromatic nitrogens is 2. The van der Waals surface area contributed by atoms with E-state index in [9.17, 15) is 4.39 Å². The molecule has 0 saturated carbocycles. The van der Waals surface area contributed by atoms with Gasteiger partial charge in [-0.3, -0.25) is 0 Å². The summed E-state index contributed by atoms with van der Waals surface area (Å²) < 4.78 is 19.4. The highest BCUT2D eigenvalue weighted by Gasteiger charge is 2.07. The Balaban J connectivity index is 2.21. The number of thiocarbonyl (C=S) groups is 1. The summed E-state index contributed by atoms with van der Waals surface area (Å²) in [4.78, 5) is 8.01. The molecule has 92 valence electrons. The molecule has 2 N–H and O–H groups in total. The fourth-order valence-corrected chi connectivity index (χ4v) is 1.61. The van der Waals surface area contributed by atoms with Crippen molar-refractivity contribution in [3.05, 3.63) is 46.6 Å². The number of halogens is 2. The van der Waals surface area contributed by atoms with Gasteiger partial charge in [0, 0.05) is 4.47 Å². The summed E-state index contributed by atoms with van der Waals surface area (Å²) in [7, 11) is 0. The monoisotopic (exact) mass is 327 g/mol. The SMILES string of the molecule is NC(=S)c1cnc(Oc2ccc(Br)cc2F)cn1. The van der Waals surface area contributed by atoms with Crippen molar-refractivity contribution >= 4 is 33.1 Å². The van der Waals surface area contributed by atoms with Crippen LogP contribution in [0.2, 0.25) is 0 Å². The summed E-state index contributed by atoms with van der Waals surface area (Å²) in [6, 6.07) is 4.45. The normalized spacial score (nSPS) is 10.1. The second-order valence-electron chi connectivity index (χ2n) is 3.28. The molecule has 0 amide bonds. The van der Waals surface area contributed by atoms with Gasteiger partial charge in [0.15, 0.2) is 11.6 Å². The quantitative estimate of drug-likeness (QED) is 0.878. The Hall–Kier alpha value is -1.60. The minimum atomic E-state index is -0.496. The lowest BCUT2D eigenvalue weighted by atomic mass is 10.3. The van der Waals surface area contributed by atoms with Gasteiger partial charge in [0.25, 0.3) is 0 Å². The molecule has 0 spiro atoms. The number of nitrogens with two attached hydrogens (primary N) is 1. The van der Waals surface area contributed by atoms with Gasteiger partial charge in [0.05, 0.1) is 12.4 Å². The first-order valence-electron chi connectivity index (χ1n) is 4.81. The molecule has 1 aromatic carbocycles. The maximum atomic E-state index is 13.5. The number of benzene rings is 1. The minimum Gasteiger partial charge on any atom is -0.434 e. The van der Waals surface area contributed by atoms with Gasteiger partial charge in [-0.05, 0) is 18.2 Å². The Labute approximate surface area is 116 Å². The summed E-state index contributed by atoms with van der Waals surface area (Å²) in [6.07, 6.45) is 2.70. The van der Waals surface area contributed by atoms with Crippen LogP contribution in [0.1, 0.15) is 5.69 Å². The van der Waals surface area contributed by atoms with E-state index in [1.807, 2.05) is 0 Å². The van der Waals surface area contributed by atoms with Crippen molar-refractivity contribution in [2.45, 2.75) is 0 Å². The van der Waals surface area contributed by atoms with E-state index in [0.29, 0.717) is 10.2 Å². The second kappa shape index (κ2) is 5.36. The predicted octanol–water partition coefficient (Wildman–Crippen LogP) is 2.80. The molecule has 2 rings (SSSR count). The highest BCUT2D eigenvalue weighted by atomic mass is 79.9. The van der Waals surface area contributed by atoms with Crippen LogP contribution in [0.5, 0.6) is 11.6 Å². The van der Waals surface area contributed by atoms with Crippen LogP contribution < -0.4 is 10.5 Å². The van der Waals surface area contributed by atoms with E-state index >= 15 is 0 Å². The van der Waals surface area contributed by atoms with E-state index in [4.69, 9.17) is 22.7 Å². The average molecular weight is 328 g/mol. The molecule has 0 fully saturated rings. The maximum Gasteiger partial charge on any atom is 0.238 e. The molecule has 0 saturated heterocycles. The zero-order valence-electron chi connectivity index (χ0n) is 8.93. The third-order valence-electron chi connectivity index (χ3n) is 1.99. The van der Waals surface area contributed by atoms with Gasteiger partial charge in [-0.15, -0.1) is 0 Å². The third kappa shape index (κ3) is 2.99. The van der Waals surface area contributed by atoms with E-state index in [0.717, 1.165) is 0 Å². The largest absolute Gasteiger partial charge is 0.434 e. The van der Waals surface area contributed by atoms with Crippen LogP contribution in [0.4, 0.5) is 4.39 Å². The molecule has 0 bridgehead atoms. The predicted molar refractivity (Wildman–Crippen MR) is 72.1 cm³/mol. The van der Waals surface area contributed by atoms with E-state index in [1.54, 1.807) is 6.07 Å². The topological polar surface area (TPSA) is 61.0 Å². The Morgan fingerprint density at radius 1 is 1.33 bits per heavy atom. The second-order valence-corrected chi connectivity index (χ2v) is 4.64. The molecule has 2 aromatic rings. The molecule has 1 heterocycles. The fourth-order valence-electron chi connectivity index (χ4n) is 1.17. The summed E-state index contributed by atoms with van der Waals surface area (Å²) >= 11 is 7.89. The molecule has 0 aliphatic rings. The van der Waals surface area contributed by atoms with Crippen LogP contribution in [0.15, 0.2) is 35.1 Å². The molecule has 0 radical (unpaired) electrons. The number of nitrogens with zero attached hydrogens (tertiary/aromatic N) is 2. The molecule has 0 atom stereocenters. The first kappa shape index (κ1) is 12.8. The molecular formula is C11H7BrFN3OS. The molecule has 7 heteroatoms. The molecule has 18 heavy (non-hydrogen) atoms. The first-order chi connectivity index (χ1) is 8.56. The van der Waals surface area contributed by atoms with Crippen LogP contribution >= 0.6 is 28.1 Å². The zero-order valence-corrected chi connectivity index (χ0v) is 11.3. The van der Waals surface area contributed by atoms with Gasteiger partial charge >= 0.3 is 0 Å². The molecule has 0 aliphatic heterocycles. The van der Waals surface area contributed by atoms with E-state index in [2.05, 4.69) is 25.9 Å². The highest BCUT2D eigenvalue weighted by molar-refractivity contribution is 9.10. The Bertz CT molecular complexity index is 591. The zero-order chi connectivity index (χ0) is 13.1. The molecule has 0 unspecified atom stereocenters. The Morgan fingerprint density at radius 3 is 2.67 bits per heavy atom. The highest BCUT2D eigenvalue weighted by Crippen LogP contribution is 2.25. The molecule has 4 nitrogen and oxygen atoms in total. The van der Waals surface area contributed by atoms with Gasteiger partial charge in [-0.25, -0.2) is 14.4 Å². The Morgan fingerprint density at radius 2 is 2.11 bits per heavy atom. The fraction of sp³-hybridized carbons (Fsp3) is 0. The van der Waals surface area contributed by atoms with Crippen molar-refractivity contribution in [3.63, 3.8) is 0 Å². The lowest BCUT2D eigenvalue weighted by molar-refractivity contribution is 0.425. The molecular weight excluding hydrogens is 321 g/mol. The van der Waals surface area contributed by atoms with Crippen molar-refractivity contribution in [2.75, 3.05) is 0 Å². The standard InChI is InChI=1S/C11H7BrFN3OS/c12-6-1-2-9(7(13)3-6)17-10-5-15-8(4-16-10)11(14)18/h1-5H,(H2,14,18). The average Bonchev–Trinajstić information content (AvgIpc) is 2.33. The van der Waals surface area contributed by atoms with Gasteiger partial charge in [-0.2, -0.15) is 0 Å². The lowest BCUT2D eigenvalue weighted by Crippen LogP contribution is -2.11.